The van der Waals surface area contributed by atoms with Gasteiger partial charge >= 0.3 is 6.18 Å². The van der Waals surface area contributed by atoms with Crippen molar-refractivity contribution in [1.82, 2.24) is 29.9 Å². The number of hydrogen-bond acceptors (Lipinski definition) is 6. The van der Waals surface area contributed by atoms with Crippen molar-refractivity contribution >= 4 is 11.7 Å². The number of hydrogen-bond donors (Lipinski definition) is 1. The Kier molecular flexibility index (Phi) is 5.49. The molecule has 2 bridgehead atoms. The predicted molar refractivity (Wildman–Crippen MR) is 117 cm³/mol. The number of aromatic nitrogens is 5. The first kappa shape index (κ1) is 22.3. The Bertz CT molecular complexity index is 1170. The minimum absolute atomic E-state index is 0.0989. The van der Waals surface area contributed by atoms with E-state index >= 15 is 0 Å². The van der Waals surface area contributed by atoms with Crippen LogP contribution < -0.4 is 5.32 Å². The molecule has 1 N–H and O–H groups in total. The van der Waals surface area contributed by atoms with Crippen molar-refractivity contribution in [2.45, 2.75) is 44.9 Å². The number of piperidine rings is 2. The first-order valence-electron chi connectivity index (χ1n) is 11.2. The molecule has 5 heterocycles. The predicted octanol–water partition coefficient (Wildman–Crippen LogP) is 3.74. The normalized spacial score (nSPS) is 24.0. The number of aryl methyl sites for hydroxylation is 1. The van der Waals surface area contributed by atoms with Gasteiger partial charge in [0.25, 0.3) is 5.91 Å². The van der Waals surface area contributed by atoms with Gasteiger partial charge in [-0.1, -0.05) is 6.92 Å². The number of anilines is 1. The van der Waals surface area contributed by atoms with Crippen molar-refractivity contribution in [3.05, 3.63) is 59.8 Å². The molecule has 0 radical (unpaired) electrons. The van der Waals surface area contributed by atoms with Crippen LogP contribution >= 0.6 is 0 Å². The second-order valence-electron chi connectivity index (χ2n) is 8.97. The van der Waals surface area contributed by atoms with Crippen molar-refractivity contribution < 1.29 is 18.0 Å². The van der Waals surface area contributed by atoms with Gasteiger partial charge in [-0.05, 0) is 55.9 Å². The number of pyridine rings is 2. The molecular weight excluding hydrogens is 447 g/mol. The number of nitrogens with one attached hydrogen (secondary N) is 1. The van der Waals surface area contributed by atoms with Crippen LogP contribution in [0, 0.1) is 18.8 Å². The van der Waals surface area contributed by atoms with Crippen LogP contribution in [0.3, 0.4) is 0 Å². The number of amides is 1. The van der Waals surface area contributed by atoms with Crippen LogP contribution in [0.5, 0.6) is 0 Å². The SMILES string of the molecule is Cc1ccc(-n2nccn2)c(C(=O)N2C3CC(C3)C(C)C2CNc2ccc(C(F)(F)F)cn2)n1. The van der Waals surface area contributed by atoms with Crippen molar-refractivity contribution in [1.29, 1.82) is 0 Å². The Morgan fingerprint density at radius 2 is 1.88 bits per heavy atom. The summed E-state index contributed by atoms with van der Waals surface area (Å²) >= 11 is 0. The van der Waals surface area contributed by atoms with Gasteiger partial charge in [-0.3, -0.25) is 4.79 Å². The fourth-order valence-corrected chi connectivity index (χ4v) is 4.93. The maximum absolute atomic E-state index is 13.9. The van der Waals surface area contributed by atoms with Gasteiger partial charge in [-0.25, -0.2) is 9.97 Å². The van der Waals surface area contributed by atoms with E-state index in [1.165, 1.54) is 23.3 Å². The standard InChI is InChI=1S/C23H24F3N7O/c1-13-3-5-18(33-29-7-8-30-33)21(31-13)22(34)32-17-9-15(10-17)14(2)19(32)12-28-20-6-4-16(11-27-20)23(24,25)26/h3-8,11,14-15,17,19H,9-10,12H2,1-2H3,(H,27,28). The molecule has 11 heteroatoms. The maximum Gasteiger partial charge on any atom is 0.417 e. The largest absolute Gasteiger partial charge is 0.417 e. The molecule has 1 amide bonds. The van der Waals surface area contributed by atoms with Crippen molar-refractivity contribution in [3.8, 4) is 5.69 Å². The summed E-state index contributed by atoms with van der Waals surface area (Å²) in [4.78, 5) is 25.6. The lowest BCUT2D eigenvalue weighted by Gasteiger charge is -2.57. The van der Waals surface area contributed by atoms with E-state index in [0.717, 1.165) is 25.1 Å². The minimum Gasteiger partial charge on any atom is -0.368 e. The maximum atomic E-state index is 13.9. The molecule has 1 aliphatic carbocycles. The van der Waals surface area contributed by atoms with Crippen LogP contribution in [0.15, 0.2) is 42.9 Å². The fourth-order valence-electron chi connectivity index (χ4n) is 4.93. The second-order valence-corrected chi connectivity index (χ2v) is 8.97. The number of rotatable bonds is 5. The summed E-state index contributed by atoms with van der Waals surface area (Å²) in [6.07, 6.45) is 1.32. The highest BCUT2D eigenvalue weighted by Crippen LogP contribution is 2.47. The molecule has 3 fully saturated rings. The number of halogens is 3. The summed E-state index contributed by atoms with van der Waals surface area (Å²) in [5, 5.41) is 11.5. The van der Waals surface area contributed by atoms with Gasteiger partial charge in [-0.15, -0.1) is 4.80 Å². The minimum atomic E-state index is -4.43. The zero-order chi connectivity index (χ0) is 24.0. The van der Waals surface area contributed by atoms with Crippen LogP contribution in [0.1, 0.15) is 41.5 Å². The fraction of sp³-hybridized carbons (Fsp3) is 0.435. The highest BCUT2D eigenvalue weighted by atomic mass is 19.4. The third-order valence-corrected chi connectivity index (χ3v) is 6.92. The molecule has 3 aromatic rings. The average Bonchev–Trinajstić information content (AvgIpc) is 3.31. The van der Waals surface area contributed by atoms with Gasteiger partial charge in [0, 0.05) is 24.5 Å². The third kappa shape index (κ3) is 3.99. The van der Waals surface area contributed by atoms with Crippen LogP contribution in [0.2, 0.25) is 0 Å². The molecule has 34 heavy (non-hydrogen) atoms. The third-order valence-electron chi connectivity index (χ3n) is 6.92. The average molecular weight is 471 g/mol. The van der Waals surface area contributed by atoms with Crippen molar-refractivity contribution in [2.75, 3.05) is 11.9 Å². The molecule has 8 nitrogen and oxygen atoms in total. The molecule has 2 saturated heterocycles. The zero-order valence-electron chi connectivity index (χ0n) is 18.7. The van der Waals surface area contributed by atoms with Gasteiger partial charge in [0.05, 0.1) is 24.0 Å². The number of nitrogens with zero attached hydrogens (tertiary/aromatic N) is 6. The van der Waals surface area contributed by atoms with Crippen LogP contribution in [-0.2, 0) is 6.18 Å². The van der Waals surface area contributed by atoms with E-state index in [9.17, 15) is 18.0 Å². The van der Waals surface area contributed by atoms with E-state index in [2.05, 4.69) is 32.4 Å². The smallest absolute Gasteiger partial charge is 0.368 e. The van der Waals surface area contributed by atoms with Crippen LogP contribution in [0.25, 0.3) is 5.69 Å². The number of fused-ring (bicyclic) bond motifs is 2. The summed E-state index contributed by atoms with van der Waals surface area (Å²) in [5.41, 5.74) is 0.698. The zero-order valence-corrected chi connectivity index (χ0v) is 18.7. The van der Waals surface area contributed by atoms with E-state index in [0.29, 0.717) is 29.7 Å². The highest BCUT2D eigenvalue weighted by molar-refractivity contribution is 5.96. The number of carbonyl (C=O) groups is 1. The number of alkyl halides is 3. The van der Waals surface area contributed by atoms with Gasteiger partial charge in [0.1, 0.15) is 11.5 Å². The van der Waals surface area contributed by atoms with Gasteiger partial charge in [0.15, 0.2) is 5.69 Å². The Morgan fingerprint density at radius 3 is 2.53 bits per heavy atom. The van der Waals surface area contributed by atoms with Gasteiger partial charge in [0.2, 0.25) is 0 Å². The summed E-state index contributed by atoms with van der Waals surface area (Å²) in [7, 11) is 0. The molecule has 3 aromatic heterocycles. The Morgan fingerprint density at radius 1 is 1.15 bits per heavy atom. The molecule has 1 saturated carbocycles. The summed E-state index contributed by atoms with van der Waals surface area (Å²) in [5.74, 6) is 0.867. The van der Waals surface area contributed by atoms with Gasteiger partial charge in [-0.2, -0.15) is 23.4 Å². The lowest BCUT2D eigenvalue weighted by molar-refractivity contribution is -0.137. The lowest BCUT2D eigenvalue weighted by atomic mass is 9.64. The second kappa shape index (κ2) is 8.37. The monoisotopic (exact) mass is 471 g/mol. The molecule has 2 aliphatic heterocycles. The molecule has 2 unspecified atom stereocenters. The Hall–Kier alpha value is -3.50. The molecular formula is C23H24F3N7O. The van der Waals surface area contributed by atoms with E-state index in [4.69, 9.17) is 0 Å². The topological polar surface area (TPSA) is 88.8 Å². The Labute approximate surface area is 194 Å². The lowest BCUT2D eigenvalue weighted by Crippen LogP contribution is -2.64. The summed E-state index contributed by atoms with van der Waals surface area (Å²) in [6, 6.07) is 5.85. The van der Waals surface area contributed by atoms with E-state index in [-0.39, 0.29) is 29.6 Å². The molecule has 178 valence electrons. The molecule has 3 aliphatic rings. The summed E-state index contributed by atoms with van der Waals surface area (Å²) in [6.45, 7) is 4.32. The van der Waals surface area contributed by atoms with Crippen LogP contribution in [0.4, 0.5) is 19.0 Å². The van der Waals surface area contributed by atoms with Crippen LogP contribution in [-0.4, -0.2) is 54.4 Å². The number of carbonyl (C=O) groups excluding carboxylic acids is 1. The first-order chi connectivity index (χ1) is 16.2. The molecule has 2 atom stereocenters. The van der Waals surface area contributed by atoms with Crippen molar-refractivity contribution in [2.24, 2.45) is 11.8 Å². The van der Waals surface area contributed by atoms with Gasteiger partial charge < -0.3 is 10.2 Å². The molecule has 6 rings (SSSR count). The van der Waals surface area contributed by atoms with E-state index in [1.807, 2.05) is 17.9 Å². The quantitative estimate of drug-likeness (QED) is 0.610. The van der Waals surface area contributed by atoms with E-state index in [1.54, 1.807) is 6.07 Å². The Balaban J connectivity index is 1.40. The summed E-state index contributed by atoms with van der Waals surface area (Å²) < 4.78 is 38.5. The van der Waals surface area contributed by atoms with Crippen molar-refractivity contribution in [3.63, 3.8) is 0 Å². The first-order valence-corrected chi connectivity index (χ1v) is 11.2. The molecule has 0 aromatic carbocycles. The van der Waals surface area contributed by atoms with E-state index < -0.39 is 11.7 Å². The molecule has 0 spiro atoms. The highest BCUT2D eigenvalue weighted by Gasteiger charge is 2.51.